The van der Waals surface area contributed by atoms with Gasteiger partial charge in [0.1, 0.15) is 0 Å². The van der Waals surface area contributed by atoms with Crippen LogP contribution in [0.1, 0.15) is 24.3 Å². The van der Waals surface area contributed by atoms with Crippen molar-refractivity contribution in [3.63, 3.8) is 0 Å². The molecule has 3 N–H and O–H groups in total. The van der Waals surface area contributed by atoms with Crippen LogP contribution in [0.25, 0.3) is 0 Å². The number of H-pyrrole nitrogens is 1. The summed E-state index contributed by atoms with van der Waals surface area (Å²) >= 11 is 1.54. The Kier molecular flexibility index (Phi) is 4.59. The first kappa shape index (κ1) is 15.2. The van der Waals surface area contributed by atoms with E-state index >= 15 is 0 Å². The number of thiophene rings is 1. The molecule has 0 aromatic carbocycles. The lowest BCUT2D eigenvalue weighted by atomic mass is 10.4. The second kappa shape index (κ2) is 6.04. The van der Waals surface area contributed by atoms with Gasteiger partial charge in [-0.05, 0) is 25.3 Å². The van der Waals surface area contributed by atoms with E-state index in [0.29, 0.717) is 12.1 Å². The van der Waals surface area contributed by atoms with Gasteiger partial charge in [0, 0.05) is 29.6 Å². The summed E-state index contributed by atoms with van der Waals surface area (Å²) in [7, 11) is -3.63. The minimum atomic E-state index is -3.63. The van der Waals surface area contributed by atoms with E-state index < -0.39 is 10.0 Å². The molecule has 0 amide bonds. The maximum atomic E-state index is 12.7. The molecular weight excluding hydrogens is 296 g/mol. The van der Waals surface area contributed by atoms with E-state index in [1.54, 1.807) is 0 Å². The van der Waals surface area contributed by atoms with Gasteiger partial charge in [0.25, 0.3) is 10.0 Å². The second-order valence-corrected chi connectivity index (χ2v) is 7.51. The molecule has 0 aliphatic carbocycles. The van der Waals surface area contributed by atoms with Crippen molar-refractivity contribution in [1.29, 1.82) is 0 Å². The number of nitrogens with zero attached hydrogens (tertiary/aromatic N) is 2. The fourth-order valence-corrected chi connectivity index (χ4v) is 4.40. The second-order valence-electron chi connectivity index (χ2n) is 4.65. The third-order valence-electron chi connectivity index (χ3n) is 2.93. The van der Waals surface area contributed by atoms with Gasteiger partial charge >= 0.3 is 0 Å². The standard InChI is InChI=1S/C12H18N4O2S2/c1-9(2)16(8-11-4-3-5-19-11)20(17,18)12-10(6-13)7-14-15-12/h3-5,7,9H,6,8,13H2,1-2H3,(H,14,15). The predicted octanol–water partition coefficient (Wildman–Crippen LogP) is 1.53. The monoisotopic (exact) mass is 314 g/mol. The molecule has 2 rings (SSSR count). The van der Waals surface area contributed by atoms with Crippen LogP contribution < -0.4 is 5.73 Å². The lowest BCUT2D eigenvalue weighted by molar-refractivity contribution is 0.348. The number of nitrogens with one attached hydrogen (secondary N) is 1. The maximum Gasteiger partial charge on any atom is 0.260 e. The predicted molar refractivity (Wildman–Crippen MR) is 78.7 cm³/mol. The van der Waals surface area contributed by atoms with Crippen molar-refractivity contribution >= 4 is 21.4 Å². The first-order chi connectivity index (χ1) is 9.46. The average Bonchev–Trinajstić information content (AvgIpc) is 3.06. The summed E-state index contributed by atoms with van der Waals surface area (Å²) in [4.78, 5) is 0.996. The molecule has 6 nitrogen and oxygen atoms in total. The minimum absolute atomic E-state index is 0.0882. The largest absolute Gasteiger partial charge is 0.326 e. The van der Waals surface area contributed by atoms with Crippen LogP contribution in [0.3, 0.4) is 0 Å². The molecule has 20 heavy (non-hydrogen) atoms. The highest BCUT2D eigenvalue weighted by Crippen LogP contribution is 2.23. The lowest BCUT2D eigenvalue weighted by Crippen LogP contribution is -2.36. The third kappa shape index (κ3) is 2.93. The first-order valence-corrected chi connectivity index (χ1v) is 8.55. The third-order valence-corrected chi connectivity index (χ3v) is 5.83. The van der Waals surface area contributed by atoms with Gasteiger partial charge in [-0.3, -0.25) is 5.10 Å². The van der Waals surface area contributed by atoms with E-state index in [9.17, 15) is 8.42 Å². The Morgan fingerprint density at radius 2 is 2.25 bits per heavy atom. The number of aromatic nitrogens is 2. The van der Waals surface area contributed by atoms with Crippen LogP contribution in [0.5, 0.6) is 0 Å². The first-order valence-electron chi connectivity index (χ1n) is 6.23. The molecule has 0 spiro atoms. The molecule has 2 heterocycles. The topological polar surface area (TPSA) is 92.1 Å². The molecule has 110 valence electrons. The fraction of sp³-hybridized carbons (Fsp3) is 0.417. The summed E-state index contributed by atoms with van der Waals surface area (Å²) in [6, 6.07) is 3.68. The molecule has 0 bridgehead atoms. The lowest BCUT2D eigenvalue weighted by Gasteiger charge is -2.25. The van der Waals surface area contributed by atoms with Crippen molar-refractivity contribution in [2.75, 3.05) is 0 Å². The summed E-state index contributed by atoms with van der Waals surface area (Å²) in [5.41, 5.74) is 6.06. The average molecular weight is 314 g/mol. The zero-order chi connectivity index (χ0) is 14.8. The molecular formula is C12H18N4O2S2. The van der Waals surface area contributed by atoms with Crippen LogP contribution in [-0.2, 0) is 23.1 Å². The van der Waals surface area contributed by atoms with E-state index in [0.717, 1.165) is 4.88 Å². The Balaban J connectivity index is 2.37. The number of aromatic amines is 1. The molecule has 0 saturated heterocycles. The number of nitrogens with two attached hydrogens (primary N) is 1. The van der Waals surface area contributed by atoms with Crippen LogP contribution in [0.4, 0.5) is 0 Å². The van der Waals surface area contributed by atoms with Gasteiger partial charge in [-0.2, -0.15) is 9.40 Å². The van der Waals surface area contributed by atoms with Gasteiger partial charge in [0.05, 0.1) is 6.20 Å². The van der Waals surface area contributed by atoms with Crippen molar-refractivity contribution in [3.8, 4) is 0 Å². The summed E-state index contributed by atoms with van der Waals surface area (Å²) in [5, 5.41) is 8.37. The molecule has 0 aliphatic heterocycles. The van der Waals surface area contributed by atoms with Crippen molar-refractivity contribution in [3.05, 3.63) is 34.2 Å². The van der Waals surface area contributed by atoms with Crippen LogP contribution >= 0.6 is 11.3 Å². The summed E-state index contributed by atoms with van der Waals surface area (Å²) in [5.74, 6) is 0. The highest BCUT2D eigenvalue weighted by molar-refractivity contribution is 7.89. The summed E-state index contributed by atoms with van der Waals surface area (Å²) in [6.45, 7) is 4.18. The maximum absolute atomic E-state index is 12.7. The summed E-state index contributed by atoms with van der Waals surface area (Å²) in [6.07, 6.45) is 1.45. The van der Waals surface area contributed by atoms with E-state index in [1.807, 2.05) is 31.4 Å². The summed E-state index contributed by atoms with van der Waals surface area (Å²) < 4.78 is 26.9. The zero-order valence-corrected chi connectivity index (χ0v) is 13.0. The molecule has 2 aromatic heterocycles. The van der Waals surface area contributed by atoms with E-state index in [2.05, 4.69) is 10.2 Å². The number of rotatable bonds is 6. The van der Waals surface area contributed by atoms with E-state index in [4.69, 9.17) is 5.73 Å². The number of sulfonamides is 1. The fourth-order valence-electron chi connectivity index (χ4n) is 1.89. The van der Waals surface area contributed by atoms with Gasteiger partial charge < -0.3 is 5.73 Å². The molecule has 0 radical (unpaired) electrons. The minimum Gasteiger partial charge on any atom is -0.326 e. The van der Waals surface area contributed by atoms with Crippen LogP contribution in [0, 0.1) is 0 Å². The zero-order valence-electron chi connectivity index (χ0n) is 11.4. The SMILES string of the molecule is CC(C)N(Cc1cccs1)S(=O)(=O)c1[nH]ncc1CN. The Hall–Kier alpha value is -1.22. The molecule has 0 saturated carbocycles. The molecule has 2 aromatic rings. The number of hydrogen-bond donors (Lipinski definition) is 2. The van der Waals surface area contributed by atoms with Crippen LogP contribution in [0.15, 0.2) is 28.7 Å². The normalized spacial score (nSPS) is 12.4. The highest BCUT2D eigenvalue weighted by atomic mass is 32.2. The van der Waals surface area contributed by atoms with Gasteiger partial charge in [0.2, 0.25) is 0 Å². The van der Waals surface area contributed by atoms with Crippen molar-refractivity contribution in [2.24, 2.45) is 5.73 Å². The van der Waals surface area contributed by atoms with Crippen LogP contribution in [-0.4, -0.2) is 29.0 Å². The van der Waals surface area contributed by atoms with E-state index in [-0.39, 0.29) is 17.6 Å². The van der Waals surface area contributed by atoms with Gasteiger partial charge in [0.15, 0.2) is 5.03 Å². The Morgan fingerprint density at radius 3 is 2.80 bits per heavy atom. The molecule has 8 heteroatoms. The smallest absolute Gasteiger partial charge is 0.260 e. The van der Waals surface area contributed by atoms with Crippen LogP contribution in [0.2, 0.25) is 0 Å². The Bertz CT molecular complexity index is 647. The number of hydrogen-bond acceptors (Lipinski definition) is 5. The van der Waals surface area contributed by atoms with Crippen molar-refractivity contribution < 1.29 is 8.42 Å². The molecule has 0 aliphatic rings. The van der Waals surface area contributed by atoms with Crippen molar-refractivity contribution in [1.82, 2.24) is 14.5 Å². The molecule has 0 fully saturated rings. The molecule has 0 unspecified atom stereocenters. The van der Waals surface area contributed by atoms with E-state index in [1.165, 1.54) is 21.8 Å². The Morgan fingerprint density at radius 1 is 1.50 bits per heavy atom. The van der Waals surface area contributed by atoms with Gasteiger partial charge in [-0.1, -0.05) is 6.07 Å². The highest BCUT2D eigenvalue weighted by Gasteiger charge is 2.30. The Labute approximate surface area is 122 Å². The van der Waals surface area contributed by atoms with Gasteiger partial charge in [-0.15, -0.1) is 11.3 Å². The van der Waals surface area contributed by atoms with Gasteiger partial charge in [-0.25, -0.2) is 8.42 Å². The van der Waals surface area contributed by atoms with Crippen molar-refractivity contribution in [2.45, 2.75) is 38.0 Å². The molecule has 0 atom stereocenters. The quantitative estimate of drug-likeness (QED) is 0.845.